The highest BCUT2D eigenvalue weighted by atomic mass is 79.9. The fourth-order valence-electron chi connectivity index (χ4n) is 3.10. The first-order chi connectivity index (χ1) is 8.58. The molecule has 2 aliphatic heterocycles. The SMILES string of the molecule is CC1CC2(CCO1)C[C@H](N)c1ccc(Br)cc1O2. The van der Waals surface area contributed by atoms with Crippen molar-refractivity contribution in [1.82, 2.24) is 0 Å². The van der Waals surface area contributed by atoms with Crippen molar-refractivity contribution in [1.29, 1.82) is 0 Å². The van der Waals surface area contributed by atoms with Gasteiger partial charge < -0.3 is 15.2 Å². The Hall–Kier alpha value is -0.580. The fourth-order valence-corrected chi connectivity index (χ4v) is 3.44. The minimum Gasteiger partial charge on any atom is -0.487 e. The average Bonchev–Trinajstić information content (AvgIpc) is 2.27. The van der Waals surface area contributed by atoms with Gasteiger partial charge in [0.2, 0.25) is 0 Å². The summed E-state index contributed by atoms with van der Waals surface area (Å²) in [5, 5.41) is 0. The first kappa shape index (κ1) is 12.5. The average molecular weight is 312 g/mol. The summed E-state index contributed by atoms with van der Waals surface area (Å²) in [4.78, 5) is 0. The minimum atomic E-state index is -0.134. The zero-order valence-corrected chi connectivity index (χ0v) is 12.1. The van der Waals surface area contributed by atoms with Gasteiger partial charge in [0.15, 0.2) is 0 Å². The number of hydrogen-bond donors (Lipinski definition) is 1. The minimum absolute atomic E-state index is 0.0622. The maximum absolute atomic E-state index is 6.31. The molecule has 18 heavy (non-hydrogen) atoms. The van der Waals surface area contributed by atoms with Gasteiger partial charge in [-0.1, -0.05) is 22.0 Å². The predicted molar refractivity (Wildman–Crippen MR) is 73.7 cm³/mol. The van der Waals surface area contributed by atoms with Gasteiger partial charge in [0.05, 0.1) is 12.7 Å². The summed E-state index contributed by atoms with van der Waals surface area (Å²) in [5.74, 6) is 0.928. The molecule has 0 amide bonds. The Bertz CT molecular complexity index is 465. The van der Waals surface area contributed by atoms with Crippen LogP contribution in [-0.4, -0.2) is 18.3 Å². The molecule has 0 radical (unpaired) electrons. The molecule has 3 nitrogen and oxygen atoms in total. The van der Waals surface area contributed by atoms with Gasteiger partial charge in [0, 0.05) is 35.3 Å². The summed E-state index contributed by atoms with van der Waals surface area (Å²) in [6.07, 6.45) is 2.98. The van der Waals surface area contributed by atoms with Crippen LogP contribution in [0.15, 0.2) is 22.7 Å². The Morgan fingerprint density at radius 3 is 3.00 bits per heavy atom. The van der Waals surface area contributed by atoms with Gasteiger partial charge in [-0.05, 0) is 19.1 Å². The standard InChI is InChI=1S/C14H18BrNO2/c1-9-7-14(4-5-17-9)8-12(16)11-3-2-10(15)6-13(11)18-14/h2-3,6,9,12H,4-5,7-8,16H2,1H3/t9?,12-,14?/m0/s1. The highest BCUT2D eigenvalue weighted by molar-refractivity contribution is 9.10. The Morgan fingerprint density at radius 2 is 2.22 bits per heavy atom. The number of hydrogen-bond acceptors (Lipinski definition) is 3. The Kier molecular flexibility index (Phi) is 3.12. The van der Waals surface area contributed by atoms with Crippen LogP contribution in [0.1, 0.15) is 37.8 Å². The van der Waals surface area contributed by atoms with E-state index in [9.17, 15) is 0 Å². The summed E-state index contributed by atoms with van der Waals surface area (Å²) in [5.41, 5.74) is 7.29. The van der Waals surface area contributed by atoms with Gasteiger partial charge in [-0.2, -0.15) is 0 Å². The Labute approximate surface area is 116 Å². The fraction of sp³-hybridized carbons (Fsp3) is 0.571. The molecule has 1 fully saturated rings. The molecule has 2 N–H and O–H groups in total. The molecule has 2 aliphatic rings. The van der Waals surface area contributed by atoms with Crippen LogP contribution in [0.25, 0.3) is 0 Å². The molecule has 2 heterocycles. The zero-order valence-electron chi connectivity index (χ0n) is 10.5. The van der Waals surface area contributed by atoms with Gasteiger partial charge in [-0.25, -0.2) is 0 Å². The molecule has 1 aromatic carbocycles. The van der Waals surface area contributed by atoms with Gasteiger partial charge in [-0.15, -0.1) is 0 Å². The molecule has 1 aromatic rings. The van der Waals surface area contributed by atoms with E-state index < -0.39 is 0 Å². The lowest BCUT2D eigenvalue weighted by Crippen LogP contribution is -2.49. The number of benzene rings is 1. The molecule has 98 valence electrons. The van der Waals surface area contributed by atoms with Crippen LogP contribution in [-0.2, 0) is 4.74 Å². The van der Waals surface area contributed by atoms with Crippen molar-refractivity contribution in [3.63, 3.8) is 0 Å². The van der Waals surface area contributed by atoms with Crippen LogP contribution in [0.2, 0.25) is 0 Å². The van der Waals surface area contributed by atoms with Crippen LogP contribution in [0.4, 0.5) is 0 Å². The van der Waals surface area contributed by atoms with Gasteiger partial charge in [0.25, 0.3) is 0 Å². The molecule has 1 saturated heterocycles. The van der Waals surface area contributed by atoms with E-state index in [0.29, 0.717) is 0 Å². The second-order valence-corrected chi connectivity index (χ2v) is 6.33. The highest BCUT2D eigenvalue weighted by Gasteiger charge is 2.43. The van der Waals surface area contributed by atoms with Crippen molar-refractivity contribution >= 4 is 15.9 Å². The van der Waals surface area contributed by atoms with Crippen LogP contribution in [0.5, 0.6) is 5.75 Å². The van der Waals surface area contributed by atoms with E-state index in [1.807, 2.05) is 12.1 Å². The van der Waals surface area contributed by atoms with Crippen LogP contribution < -0.4 is 10.5 Å². The number of halogens is 1. The van der Waals surface area contributed by atoms with Crippen LogP contribution in [0.3, 0.4) is 0 Å². The third kappa shape index (κ3) is 2.17. The van der Waals surface area contributed by atoms with Gasteiger partial charge in [0.1, 0.15) is 11.4 Å². The normalized spacial score (nSPS) is 35.1. The lowest BCUT2D eigenvalue weighted by Gasteiger charge is -2.45. The van der Waals surface area contributed by atoms with E-state index in [2.05, 4.69) is 28.9 Å². The third-order valence-corrected chi connectivity index (χ3v) is 4.41. The molecule has 0 saturated carbocycles. The first-order valence-corrected chi connectivity index (χ1v) is 7.23. The summed E-state index contributed by atoms with van der Waals surface area (Å²) >= 11 is 3.49. The van der Waals surface area contributed by atoms with E-state index in [4.69, 9.17) is 15.2 Å². The molecule has 0 aromatic heterocycles. The van der Waals surface area contributed by atoms with E-state index in [1.54, 1.807) is 0 Å². The third-order valence-electron chi connectivity index (χ3n) is 3.91. The number of rotatable bonds is 0. The van der Waals surface area contributed by atoms with E-state index >= 15 is 0 Å². The van der Waals surface area contributed by atoms with Gasteiger partial charge >= 0.3 is 0 Å². The molecular weight excluding hydrogens is 294 g/mol. The lowest BCUT2D eigenvalue weighted by atomic mass is 9.80. The highest BCUT2D eigenvalue weighted by Crippen LogP contribution is 2.44. The van der Waals surface area contributed by atoms with E-state index in [0.717, 1.165) is 41.7 Å². The number of fused-ring (bicyclic) bond motifs is 1. The van der Waals surface area contributed by atoms with Crippen molar-refractivity contribution < 1.29 is 9.47 Å². The van der Waals surface area contributed by atoms with E-state index in [1.165, 1.54) is 0 Å². The zero-order chi connectivity index (χ0) is 12.8. The van der Waals surface area contributed by atoms with Crippen molar-refractivity contribution in [2.45, 2.75) is 43.9 Å². The molecule has 4 heteroatoms. The van der Waals surface area contributed by atoms with Gasteiger partial charge in [-0.3, -0.25) is 0 Å². The summed E-state index contributed by atoms with van der Waals surface area (Å²) in [6.45, 7) is 2.86. The largest absolute Gasteiger partial charge is 0.487 e. The molecule has 3 rings (SSSR count). The molecule has 1 spiro atoms. The summed E-state index contributed by atoms with van der Waals surface area (Å²) < 4.78 is 12.9. The molecular formula is C14H18BrNO2. The topological polar surface area (TPSA) is 44.5 Å². The van der Waals surface area contributed by atoms with Crippen molar-refractivity contribution in [2.75, 3.05) is 6.61 Å². The maximum Gasteiger partial charge on any atom is 0.126 e. The molecule has 3 atom stereocenters. The second kappa shape index (κ2) is 4.51. The van der Waals surface area contributed by atoms with Crippen molar-refractivity contribution in [2.24, 2.45) is 5.73 Å². The summed E-state index contributed by atoms with van der Waals surface area (Å²) in [6, 6.07) is 6.16. The predicted octanol–water partition coefficient (Wildman–Crippen LogP) is 3.17. The monoisotopic (exact) mass is 311 g/mol. The van der Waals surface area contributed by atoms with Crippen molar-refractivity contribution in [3.05, 3.63) is 28.2 Å². The molecule has 0 bridgehead atoms. The Morgan fingerprint density at radius 1 is 1.39 bits per heavy atom. The Balaban J connectivity index is 1.94. The molecule has 0 aliphatic carbocycles. The van der Waals surface area contributed by atoms with Crippen LogP contribution in [0, 0.1) is 0 Å². The lowest BCUT2D eigenvalue weighted by molar-refractivity contribution is -0.0949. The van der Waals surface area contributed by atoms with Crippen molar-refractivity contribution in [3.8, 4) is 5.75 Å². The smallest absolute Gasteiger partial charge is 0.126 e. The quantitative estimate of drug-likeness (QED) is 0.800. The first-order valence-electron chi connectivity index (χ1n) is 6.44. The molecule has 2 unspecified atom stereocenters. The number of nitrogens with two attached hydrogens (primary N) is 1. The maximum atomic E-state index is 6.31. The number of ether oxygens (including phenoxy) is 2. The summed E-state index contributed by atoms with van der Waals surface area (Å²) in [7, 11) is 0. The van der Waals surface area contributed by atoms with E-state index in [-0.39, 0.29) is 17.7 Å². The van der Waals surface area contributed by atoms with Crippen LogP contribution >= 0.6 is 15.9 Å². The second-order valence-electron chi connectivity index (χ2n) is 5.41.